The molecule has 1 N–H and O–H groups in total. The second kappa shape index (κ2) is 6.76. The Hall–Kier alpha value is -3.54. The maximum atomic E-state index is 12.3. The van der Waals surface area contributed by atoms with Crippen molar-refractivity contribution in [3.8, 4) is 0 Å². The molecule has 1 aromatic carbocycles. The quantitative estimate of drug-likeness (QED) is 0.578. The van der Waals surface area contributed by atoms with E-state index in [-0.39, 0.29) is 11.9 Å². The lowest BCUT2D eigenvalue weighted by Crippen LogP contribution is -2.26. The zero-order valence-electron chi connectivity index (χ0n) is 14.2. The van der Waals surface area contributed by atoms with Gasteiger partial charge in [0, 0.05) is 29.4 Å². The fourth-order valence-electron chi connectivity index (χ4n) is 2.91. The normalized spacial score (nSPS) is 12.7. The summed E-state index contributed by atoms with van der Waals surface area (Å²) < 4.78 is 1.86. The minimum absolute atomic E-state index is 0.196. The Labute approximate surface area is 150 Å². The number of pyridine rings is 2. The highest BCUT2D eigenvalue weighted by Gasteiger charge is 2.14. The fraction of sp³-hybridized carbons (Fsp3) is 0.100. The van der Waals surface area contributed by atoms with Crippen molar-refractivity contribution in [2.24, 2.45) is 0 Å². The van der Waals surface area contributed by atoms with E-state index < -0.39 is 0 Å². The van der Waals surface area contributed by atoms with Gasteiger partial charge in [0.05, 0.1) is 11.6 Å². The van der Waals surface area contributed by atoms with E-state index >= 15 is 0 Å². The third-order valence-electron chi connectivity index (χ3n) is 4.16. The van der Waals surface area contributed by atoms with Crippen LogP contribution in [-0.4, -0.2) is 25.5 Å². The van der Waals surface area contributed by atoms with Crippen LogP contribution in [0, 0.1) is 0 Å². The van der Waals surface area contributed by atoms with Gasteiger partial charge in [-0.25, -0.2) is 0 Å². The first-order chi connectivity index (χ1) is 12.7. The highest BCUT2D eigenvalue weighted by Crippen LogP contribution is 2.17. The molecule has 128 valence electrons. The molecule has 6 nitrogen and oxygen atoms in total. The van der Waals surface area contributed by atoms with Crippen molar-refractivity contribution in [1.29, 1.82) is 0 Å². The largest absolute Gasteiger partial charge is 0.343 e. The molecule has 0 aliphatic rings. The van der Waals surface area contributed by atoms with E-state index in [0.717, 1.165) is 22.1 Å². The topological polar surface area (TPSA) is 72.2 Å². The minimum atomic E-state index is -0.268. The fourth-order valence-corrected chi connectivity index (χ4v) is 2.91. The summed E-state index contributed by atoms with van der Waals surface area (Å²) in [6.07, 6.45) is 6.92. The summed E-state index contributed by atoms with van der Waals surface area (Å²) in [7, 11) is 0. The van der Waals surface area contributed by atoms with Gasteiger partial charge in [-0.3, -0.25) is 14.2 Å². The summed E-state index contributed by atoms with van der Waals surface area (Å²) in [5.74, 6) is 0.493. The van der Waals surface area contributed by atoms with Crippen LogP contribution in [0.25, 0.3) is 22.6 Å². The number of carbonyl (C=O) groups excluding carboxylic acids is 1. The van der Waals surface area contributed by atoms with Crippen molar-refractivity contribution in [2.75, 3.05) is 0 Å². The zero-order valence-corrected chi connectivity index (χ0v) is 14.2. The number of aromatic nitrogens is 4. The van der Waals surface area contributed by atoms with E-state index in [0.29, 0.717) is 5.82 Å². The molecule has 0 fully saturated rings. The van der Waals surface area contributed by atoms with Crippen LogP contribution in [0.3, 0.4) is 0 Å². The number of nitrogens with one attached hydrogen (secondary N) is 1. The lowest BCUT2D eigenvalue weighted by atomic mass is 10.1. The van der Waals surface area contributed by atoms with Gasteiger partial charge in [0.1, 0.15) is 0 Å². The van der Waals surface area contributed by atoms with Crippen molar-refractivity contribution in [3.05, 3.63) is 78.4 Å². The molecular formula is C20H17N5O. The molecule has 1 atom stereocenters. The lowest BCUT2D eigenvalue weighted by Gasteiger charge is -2.10. The Morgan fingerprint density at radius 2 is 2.00 bits per heavy atom. The number of fused-ring (bicyclic) bond motifs is 2. The first-order valence-electron chi connectivity index (χ1n) is 8.34. The number of carbonyl (C=O) groups is 1. The highest BCUT2D eigenvalue weighted by atomic mass is 16.1. The molecule has 3 aromatic heterocycles. The summed E-state index contributed by atoms with van der Waals surface area (Å²) in [5, 5.41) is 12.2. The molecule has 1 unspecified atom stereocenters. The molecule has 0 radical (unpaired) electrons. The summed E-state index contributed by atoms with van der Waals surface area (Å²) in [6.45, 7) is 1.88. The van der Waals surface area contributed by atoms with E-state index in [2.05, 4.69) is 20.5 Å². The number of benzene rings is 1. The van der Waals surface area contributed by atoms with Crippen LogP contribution in [-0.2, 0) is 4.79 Å². The van der Waals surface area contributed by atoms with E-state index in [1.807, 2.05) is 66.1 Å². The van der Waals surface area contributed by atoms with Crippen LogP contribution in [0.4, 0.5) is 0 Å². The molecule has 0 aliphatic heterocycles. The first kappa shape index (κ1) is 16.0. The van der Waals surface area contributed by atoms with Gasteiger partial charge in [0.15, 0.2) is 11.5 Å². The third kappa shape index (κ3) is 3.04. The Morgan fingerprint density at radius 3 is 2.92 bits per heavy atom. The predicted molar refractivity (Wildman–Crippen MR) is 100 cm³/mol. The van der Waals surface area contributed by atoms with Crippen molar-refractivity contribution >= 4 is 28.5 Å². The second-order valence-electron chi connectivity index (χ2n) is 5.97. The molecule has 4 aromatic rings. The van der Waals surface area contributed by atoms with Gasteiger partial charge in [0.2, 0.25) is 5.91 Å². The zero-order chi connectivity index (χ0) is 17.9. The van der Waals surface area contributed by atoms with Gasteiger partial charge >= 0.3 is 0 Å². The van der Waals surface area contributed by atoms with E-state index in [1.54, 1.807) is 12.3 Å². The van der Waals surface area contributed by atoms with Crippen LogP contribution in [0.15, 0.2) is 67.0 Å². The first-order valence-corrected chi connectivity index (χ1v) is 8.34. The molecule has 1 amide bonds. The lowest BCUT2D eigenvalue weighted by molar-refractivity contribution is -0.117. The predicted octanol–water partition coefficient (Wildman–Crippen LogP) is 3.17. The van der Waals surface area contributed by atoms with Gasteiger partial charge < -0.3 is 5.32 Å². The molecule has 0 saturated carbocycles. The molecule has 26 heavy (non-hydrogen) atoms. The number of amides is 1. The van der Waals surface area contributed by atoms with E-state index in [4.69, 9.17) is 0 Å². The summed E-state index contributed by atoms with van der Waals surface area (Å²) in [5.41, 5.74) is 2.52. The Bertz CT molecular complexity index is 1110. The molecule has 0 saturated heterocycles. The highest BCUT2D eigenvalue weighted by molar-refractivity contribution is 5.95. The van der Waals surface area contributed by atoms with Gasteiger partial charge in [-0.2, -0.15) is 0 Å². The minimum Gasteiger partial charge on any atom is -0.343 e. The smallest absolute Gasteiger partial charge is 0.244 e. The van der Waals surface area contributed by atoms with E-state index in [1.165, 1.54) is 6.08 Å². The summed E-state index contributed by atoms with van der Waals surface area (Å²) >= 11 is 0. The van der Waals surface area contributed by atoms with Crippen molar-refractivity contribution in [2.45, 2.75) is 13.0 Å². The van der Waals surface area contributed by atoms with Gasteiger partial charge in [0.25, 0.3) is 0 Å². The third-order valence-corrected chi connectivity index (χ3v) is 4.16. The summed E-state index contributed by atoms with van der Waals surface area (Å²) in [4.78, 5) is 16.7. The van der Waals surface area contributed by atoms with Crippen molar-refractivity contribution < 1.29 is 4.79 Å². The number of hydrogen-bond donors (Lipinski definition) is 1. The Kier molecular flexibility index (Phi) is 4.15. The maximum Gasteiger partial charge on any atom is 0.244 e. The summed E-state index contributed by atoms with van der Waals surface area (Å²) in [6, 6.07) is 15.2. The molecule has 0 spiro atoms. The van der Waals surface area contributed by atoms with Crippen LogP contribution >= 0.6 is 0 Å². The number of nitrogens with zero attached hydrogens (tertiary/aromatic N) is 4. The average molecular weight is 343 g/mol. The van der Waals surface area contributed by atoms with Crippen LogP contribution in [0.5, 0.6) is 0 Å². The van der Waals surface area contributed by atoms with Gasteiger partial charge in [-0.1, -0.05) is 30.3 Å². The standard InChI is InChI=1S/C20H17N5O/c1-14(20-24-23-17-9-2-3-13-25(17)20)22-18(26)11-10-16-7-4-6-15-8-5-12-21-19(15)16/h2-14H,1H3,(H,22,26)/b11-10+. The van der Waals surface area contributed by atoms with Crippen LogP contribution in [0.1, 0.15) is 24.4 Å². The second-order valence-corrected chi connectivity index (χ2v) is 5.97. The maximum absolute atomic E-state index is 12.3. The van der Waals surface area contributed by atoms with Crippen LogP contribution < -0.4 is 5.32 Å². The molecular weight excluding hydrogens is 326 g/mol. The SMILES string of the molecule is CC(NC(=O)/C=C/c1cccc2cccnc12)c1nnc2ccccn12. The Balaban J connectivity index is 1.52. The Morgan fingerprint density at radius 1 is 1.12 bits per heavy atom. The van der Waals surface area contributed by atoms with Gasteiger partial charge in [-0.05, 0) is 31.2 Å². The molecule has 4 rings (SSSR count). The van der Waals surface area contributed by atoms with Crippen LogP contribution in [0.2, 0.25) is 0 Å². The van der Waals surface area contributed by atoms with Gasteiger partial charge in [-0.15, -0.1) is 10.2 Å². The average Bonchev–Trinajstić information content (AvgIpc) is 3.10. The van der Waals surface area contributed by atoms with E-state index in [9.17, 15) is 4.79 Å². The molecule has 0 bridgehead atoms. The van der Waals surface area contributed by atoms with Crippen molar-refractivity contribution in [1.82, 2.24) is 24.9 Å². The number of hydrogen-bond acceptors (Lipinski definition) is 4. The monoisotopic (exact) mass is 343 g/mol. The molecule has 3 heterocycles. The number of para-hydroxylation sites is 1. The van der Waals surface area contributed by atoms with Crippen molar-refractivity contribution in [3.63, 3.8) is 0 Å². The molecule has 0 aliphatic carbocycles. The molecule has 6 heteroatoms. The number of rotatable bonds is 4.